The molecule has 2 saturated carbocycles. The molecule has 2 aliphatic rings. The molecule has 2 fully saturated rings. The Kier molecular flexibility index (Phi) is 9.57. The third-order valence-electron chi connectivity index (χ3n) is 7.78. The van der Waals surface area contributed by atoms with Gasteiger partial charge in [-0.25, -0.2) is 0 Å². The fourth-order valence-corrected chi connectivity index (χ4v) is 5.47. The Morgan fingerprint density at radius 2 is 1.38 bits per heavy atom. The van der Waals surface area contributed by atoms with Gasteiger partial charge in [0.15, 0.2) is 12.6 Å². The molecule has 9 heteroatoms. The molecule has 2 aromatic carbocycles. The quantitative estimate of drug-likeness (QED) is 0.228. The molecule has 0 spiro atoms. The van der Waals surface area contributed by atoms with E-state index in [1.165, 1.54) is 6.07 Å². The zero-order chi connectivity index (χ0) is 27.8. The van der Waals surface area contributed by atoms with Crippen molar-refractivity contribution in [2.75, 3.05) is 13.2 Å². The molecule has 2 aromatic rings. The molecule has 0 aromatic heterocycles. The maximum atomic E-state index is 13.1. The van der Waals surface area contributed by atoms with Gasteiger partial charge < -0.3 is 24.4 Å². The van der Waals surface area contributed by atoms with Crippen LogP contribution in [0.25, 0.3) is 0 Å². The van der Waals surface area contributed by atoms with Crippen LogP contribution >= 0.6 is 0 Å². The van der Waals surface area contributed by atoms with E-state index < -0.39 is 11.9 Å². The molecule has 39 heavy (non-hydrogen) atoms. The first-order valence-electron chi connectivity index (χ1n) is 13.4. The van der Waals surface area contributed by atoms with Gasteiger partial charge in [0.05, 0.1) is 36.2 Å². The number of ether oxygens (including phenoxy) is 3. The predicted molar refractivity (Wildman–Crippen MR) is 140 cm³/mol. The van der Waals surface area contributed by atoms with Crippen LogP contribution in [0.5, 0.6) is 23.0 Å². The molecular weight excluding hydrogens is 504 g/mol. The monoisotopic (exact) mass is 538 g/mol. The minimum absolute atomic E-state index is 0.0644. The Bertz CT molecular complexity index is 1180. The molecule has 208 valence electrons. The van der Waals surface area contributed by atoms with Gasteiger partial charge in [0.2, 0.25) is 0 Å². The molecule has 0 aliphatic heterocycles. The Balaban J connectivity index is 1.32. The molecule has 0 heterocycles. The van der Waals surface area contributed by atoms with Crippen LogP contribution in [0.15, 0.2) is 36.4 Å². The average molecular weight is 539 g/mol. The van der Waals surface area contributed by atoms with Gasteiger partial charge in [-0.3, -0.25) is 19.2 Å². The van der Waals surface area contributed by atoms with Gasteiger partial charge in [0.1, 0.15) is 23.0 Å². The third kappa shape index (κ3) is 7.16. The Morgan fingerprint density at radius 3 is 2.05 bits per heavy atom. The van der Waals surface area contributed by atoms with Crippen molar-refractivity contribution in [2.24, 2.45) is 23.7 Å². The number of phenols is 1. The third-order valence-corrected chi connectivity index (χ3v) is 7.78. The van der Waals surface area contributed by atoms with Crippen molar-refractivity contribution in [1.82, 2.24) is 0 Å². The highest BCUT2D eigenvalue weighted by molar-refractivity contribution is 5.86. The summed E-state index contributed by atoms with van der Waals surface area (Å²) in [5.41, 5.74) is 0.270. The summed E-state index contributed by atoms with van der Waals surface area (Å²) >= 11 is 0. The number of esters is 1. The SMILES string of the molecule is O=Cc1c(O)cccc1OC[C@H]1CCC[C@@H](C(=O)Oc2cccc(OCC3CCC(C(=O)O)CC3)c2C=O)C1. The Labute approximate surface area is 227 Å². The van der Waals surface area contributed by atoms with Crippen molar-refractivity contribution in [3.63, 3.8) is 0 Å². The molecule has 0 unspecified atom stereocenters. The van der Waals surface area contributed by atoms with E-state index in [0.29, 0.717) is 63.0 Å². The summed E-state index contributed by atoms with van der Waals surface area (Å²) in [6, 6.07) is 9.54. The molecule has 4 rings (SSSR count). The summed E-state index contributed by atoms with van der Waals surface area (Å²) in [6.45, 7) is 0.658. The number of carboxylic acids is 1. The first-order valence-corrected chi connectivity index (χ1v) is 13.4. The van der Waals surface area contributed by atoms with Crippen molar-refractivity contribution >= 4 is 24.5 Å². The van der Waals surface area contributed by atoms with Crippen molar-refractivity contribution in [1.29, 1.82) is 0 Å². The highest BCUT2D eigenvalue weighted by atomic mass is 16.5. The lowest BCUT2D eigenvalue weighted by Crippen LogP contribution is -2.29. The van der Waals surface area contributed by atoms with Crippen molar-refractivity contribution in [3.8, 4) is 23.0 Å². The van der Waals surface area contributed by atoms with Gasteiger partial charge in [-0.2, -0.15) is 0 Å². The van der Waals surface area contributed by atoms with Crippen LogP contribution in [-0.4, -0.2) is 47.9 Å². The number of benzene rings is 2. The van der Waals surface area contributed by atoms with E-state index in [2.05, 4.69) is 0 Å². The zero-order valence-corrected chi connectivity index (χ0v) is 21.8. The summed E-state index contributed by atoms with van der Waals surface area (Å²) in [4.78, 5) is 47.4. The fraction of sp³-hybridized carbons (Fsp3) is 0.467. The lowest BCUT2D eigenvalue weighted by molar-refractivity contribution is -0.143. The highest BCUT2D eigenvalue weighted by Crippen LogP contribution is 2.35. The standard InChI is InChI=1S/C30H34O9/c31-15-23-25(33)6-2-7-26(23)38-18-20-4-1-5-22(14-20)30(36)39-28-9-3-8-27(24(28)16-32)37-17-19-10-12-21(13-11-19)29(34)35/h2-3,6-9,15-16,19-22,33H,1,4-5,10-14,17-18H2,(H,34,35)/t19?,20-,21?,22+/m0/s1. The van der Waals surface area contributed by atoms with Crippen LogP contribution in [0.2, 0.25) is 0 Å². The number of phenolic OH excluding ortho intramolecular Hbond substituents is 1. The molecule has 2 atom stereocenters. The normalized spacial score (nSPS) is 22.9. The number of carboxylic acid groups (broad SMARTS) is 1. The van der Waals surface area contributed by atoms with Crippen LogP contribution < -0.4 is 14.2 Å². The number of carbonyl (C=O) groups is 4. The number of hydrogen-bond donors (Lipinski definition) is 2. The van der Waals surface area contributed by atoms with Gasteiger partial charge >= 0.3 is 11.9 Å². The van der Waals surface area contributed by atoms with E-state index in [1.54, 1.807) is 30.3 Å². The number of rotatable bonds is 11. The first-order chi connectivity index (χ1) is 18.9. The lowest BCUT2D eigenvalue weighted by Gasteiger charge is -2.28. The number of hydrogen-bond acceptors (Lipinski definition) is 8. The second-order valence-electron chi connectivity index (χ2n) is 10.4. The molecule has 2 N–H and O–H groups in total. The minimum atomic E-state index is -0.757. The lowest BCUT2D eigenvalue weighted by atomic mass is 9.82. The topological polar surface area (TPSA) is 136 Å². The number of aromatic hydroxyl groups is 1. The van der Waals surface area contributed by atoms with Crippen LogP contribution in [0.1, 0.15) is 72.1 Å². The van der Waals surface area contributed by atoms with E-state index >= 15 is 0 Å². The second kappa shape index (κ2) is 13.3. The Hall–Kier alpha value is -3.88. The smallest absolute Gasteiger partial charge is 0.314 e. The van der Waals surface area contributed by atoms with Crippen LogP contribution in [0.4, 0.5) is 0 Å². The number of aliphatic carboxylic acids is 1. The molecule has 2 aliphatic carbocycles. The van der Waals surface area contributed by atoms with E-state index in [-0.39, 0.29) is 46.3 Å². The van der Waals surface area contributed by atoms with Crippen molar-refractivity contribution in [2.45, 2.75) is 51.4 Å². The van der Waals surface area contributed by atoms with Gasteiger partial charge in [-0.1, -0.05) is 18.6 Å². The average Bonchev–Trinajstić information content (AvgIpc) is 2.95. The highest BCUT2D eigenvalue weighted by Gasteiger charge is 2.30. The summed E-state index contributed by atoms with van der Waals surface area (Å²) < 4.78 is 17.4. The van der Waals surface area contributed by atoms with Crippen molar-refractivity contribution in [3.05, 3.63) is 47.5 Å². The zero-order valence-electron chi connectivity index (χ0n) is 21.8. The van der Waals surface area contributed by atoms with Gasteiger partial charge in [-0.15, -0.1) is 0 Å². The van der Waals surface area contributed by atoms with Gasteiger partial charge in [-0.05, 0) is 81.0 Å². The van der Waals surface area contributed by atoms with Gasteiger partial charge in [0.25, 0.3) is 0 Å². The first kappa shape index (κ1) is 28.1. The van der Waals surface area contributed by atoms with E-state index in [4.69, 9.17) is 14.2 Å². The molecule has 0 saturated heterocycles. The van der Waals surface area contributed by atoms with Crippen molar-refractivity contribution < 1.29 is 43.6 Å². The van der Waals surface area contributed by atoms with Gasteiger partial charge in [0, 0.05) is 0 Å². The van der Waals surface area contributed by atoms with E-state index in [9.17, 15) is 29.4 Å². The maximum absolute atomic E-state index is 13.1. The summed E-state index contributed by atoms with van der Waals surface area (Å²) in [5.74, 6) is -0.933. The number of aldehydes is 2. The molecular formula is C30H34O9. The largest absolute Gasteiger partial charge is 0.507 e. The summed E-state index contributed by atoms with van der Waals surface area (Å²) in [7, 11) is 0. The molecule has 0 radical (unpaired) electrons. The fourth-order valence-electron chi connectivity index (χ4n) is 5.47. The summed E-state index contributed by atoms with van der Waals surface area (Å²) in [5, 5.41) is 19.0. The summed E-state index contributed by atoms with van der Waals surface area (Å²) in [6.07, 6.45) is 6.76. The van der Waals surface area contributed by atoms with Crippen LogP contribution in [0.3, 0.4) is 0 Å². The molecule has 0 amide bonds. The minimum Gasteiger partial charge on any atom is -0.507 e. The van der Waals surface area contributed by atoms with Crippen LogP contribution in [0, 0.1) is 23.7 Å². The molecule has 0 bridgehead atoms. The molecule has 9 nitrogen and oxygen atoms in total. The van der Waals surface area contributed by atoms with E-state index in [0.717, 1.165) is 25.7 Å². The maximum Gasteiger partial charge on any atom is 0.314 e. The Morgan fingerprint density at radius 1 is 0.769 bits per heavy atom. The van der Waals surface area contributed by atoms with E-state index in [1.807, 2.05) is 0 Å². The second-order valence-corrected chi connectivity index (χ2v) is 10.4. The number of carbonyl (C=O) groups excluding carboxylic acids is 3. The predicted octanol–water partition coefficient (Wildman–Crippen LogP) is 5.08. The van der Waals surface area contributed by atoms with Crippen LogP contribution in [-0.2, 0) is 9.59 Å².